The Morgan fingerprint density at radius 3 is 2.86 bits per heavy atom. The van der Waals surface area contributed by atoms with Gasteiger partial charge in [0.1, 0.15) is 0 Å². The molecule has 1 rings (SSSR count). The van der Waals surface area contributed by atoms with Gasteiger partial charge in [0.25, 0.3) is 0 Å². The van der Waals surface area contributed by atoms with Crippen molar-refractivity contribution in [2.45, 2.75) is 39.0 Å². The highest BCUT2D eigenvalue weighted by atomic mass is 16.4. The molecule has 1 fully saturated rings. The molecule has 2 N–H and O–H groups in total. The average Bonchev–Trinajstić information content (AvgIpc) is 2.02. The summed E-state index contributed by atoms with van der Waals surface area (Å²) in [6.07, 6.45) is 4.87. The van der Waals surface area contributed by atoms with Crippen LogP contribution >= 0.6 is 0 Å². The molecule has 0 aromatic rings. The predicted octanol–water partition coefficient (Wildman–Crippen LogP) is 1.88. The van der Waals surface area contributed by atoms with Gasteiger partial charge in [0.15, 0.2) is 0 Å². The largest absolute Gasteiger partial charge is 0.481 e. The highest BCUT2D eigenvalue weighted by molar-refractivity contribution is 5.67. The van der Waals surface area contributed by atoms with Gasteiger partial charge in [-0.3, -0.25) is 4.79 Å². The molecule has 0 unspecified atom stereocenters. The first-order valence-corrected chi connectivity index (χ1v) is 5.44. The van der Waals surface area contributed by atoms with E-state index < -0.39 is 5.97 Å². The van der Waals surface area contributed by atoms with Crippen molar-refractivity contribution in [3.63, 3.8) is 0 Å². The molecule has 14 heavy (non-hydrogen) atoms. The van der Waals surface area contributed by atoms with E-state index in [4.69, 9.17) is 5.11 Å². The van der Waals surface area contributed by atoms with E-state index in [1.54, 1.807) is 0 Å². The molecule has 0 radical (unpaired) electrons. The highest BCUT2D eigenvalue weighted by Gasteiger charge is 2.36. The van der Waals surface area contributed by atoms with Gasteiger partial charge in [0, 0.05) is 6.54 Å². The molecule has 0 bridgehead atoms. The van der Waals surface area contributed by atoms with Crippen LogP contribution in [-0.4, -0.2) is 24.7 Å². The lowest BCUT2D eigenvalue weighted by Crippen LogP contribution is -2.38. The molecule has 1 aliphatic rings. The second kappa shape index (κ2) is 4.78. The lowest BCUT2D eigenvalue weighted by atomic mass is 9.68. The van der Waals surface area contributed by atoms with Gasteiger partial charge in [0.05, 0.1) is 6.42 Å². The maximum Gasteiger partial charge on any atom is 0.303 e. The maximum atomic E-state index is 10.8. The molecule has 0 aromatic heterocycles. The number of carbonyl (C=O) groups is 1. The van der Waals surface area contributed by atoms with Gasteiger partial charge >= 0.3 is 5.97 Å². The van der Waals surface area contributed by atoms with Gasteiger partial charge in [-0.1, -0.05) is 19.8 Å². The first kappa shape index (κ1) is 11.5. The number of carboxylic acids is 1. The molecule has 82 valence electrons. The number of rotatable bonds is 4. The summed E-state index contributed by atoms with van der Waals surface area (Å²) < 4.78 is 0. The van der Waals surface area contributed by atoms with Crippen molar-refractivity contribution in [1.29, 1.82) is 0 Å². The Hall–Kier alpha value is -0.570. The topological polar surface area (TPSA) is 49.3 Å². The van der Waals surface area contributed by atoms with Crippen LogP contribution < -0.4 is 5.32 Å². The van der Waals surface area contributed by atoms with Crippen LogP contribution in [-0.2, 0) is 4.79 Å². The summed E-state index contributed by atoms with van der Waals surface area (Å²) in [7, 11) is 1.91. The van der Waals surface area contributed by atoms with Crippen molar-refractivity contribution in [3.05, 3.63) is 0 Å². The fourth-order valence-corrected chi connectivity index (χ4v) is 2.85. The van der Waals surface area contributed by atoms with Crippen LogP contribution in [0.4, 0.5) is 0 Å². The van der Waals surface area contributed by atoms with Gasteiger partial charge in [-0.25, -0.2) is 0 Å². The molecule has 0 saturated heterocycles. The summed E-state index contributed by atoms with van der Waals surface area (Å²) in [5.41, 5.74) is 0.0122. The van der Waals surface area contributed by atoms with E-state index in [1.165, 1.54) is 12.8 Å². The van der Waals surface area contributed by atoms with Crippen molar-refractivity contribution in [2.24, 2.45) is 11.3 Å². The molecular formula is C11H21NO2. The molecule has 0 spiro atoms. The number of hydrogen-bond acceptors (Lipinski definition) is 2. The number of carboxylic acid groups (broad SMARTS) is 1. The maximum absolute atomic E-state index is 10.8. The van der Waals surface area contributed by atoms with Gasteiger partial charge in [-0.05, 0) is 31.2 Å². The van der Waals surface area contributed by atoms with E-state index in [0.717, 1.165) is 19.4 Å². The van der Waals surface area contributed by atoms with Crippen molar-refractivity contribution >= 4 is 5.97 Å². The predicted molar refractivity (Wildman–Crippen MR) is 56.2 cm³/mol. The molecule has 3 nitrogen and oxygen atoms in total. The van der Waals surface area contributed by atoms with Crippen LogP contribution in [0.2, 0.25) is 0 Å². The first-order valence-electron chi connectivity index (χ1n) is 5.44. The minimum Gasteiger partial charge on any atom is -0.481 e. The summed E-state index contributed by atoms with van der Waals surface area (Å²) in [4.78, 5) is 10.8. The molecule has 0 amide bonds. The van der Waals surface area contributed by atoms with Gasteiger partial charge in [-0.15, -0.1) is 0 Å². The zero-order chi connectivity index (χ0) is 10.6. The van der Waals surface area contributed by atoms with Crippen molar-refractivity contribution in [2.75, 3.05) is 13.6 Å². The molecule has 1 saturated carbocycles. The van der Waals surface area contributed by atoms with Crippen molar-refractivity contribution in [1.82, 2.24) is 5.32 Å². The second-order valence-electron chi connectivity index (χ2n) is 4.80. The fraction of sp³-hybridized carbons (Fsp3) is 0.909. The summed E-state index contributed by atoms with van der Waals surface area (Å²) >= 11 is 0. The molecule has 0 aliphatic heterocycles. The van der Waals surface area contributed by atoms with Crippen LogP contribution in [0, 0.1) is 11.3 Å². The Kier molecular flexibility index (Phi) is 3.93. The van der Waals surface area contributed by atoms with Gasteiger partial charge in [-0.2, -0.15) is 0 Å². The Balaban J connectivity index is 2.64. The van der Waals surface area contributed by atoms with E-state index in [0.29, 0.717) is 12.3 Å². The average molecular weight is 199 g/mol. The number of aliphatic carboxylic acids is 1. The van der Waals surface area contributed by atoms with E-state index in [1.807, 2.05) is 7.05 Å². The van der Waals surface area contributed by atoms with E-state index in [-0.39, 0.29) is 5.41 Å². The minimum atomic E-state index is -0.658. The van der Waals surface area contributed by atoms with Crippen LogP contribution in [0.15, 0.2) is 0 Å². The standard InChI is InChI=1S/C11H21NO2/c1-9-4-3-5-11(6-9,8-12-2)7-10(13)14/h9,12H,3-8H2,1-2H3,(H,13,14)/t9-,11+/m1/s1. The summed E-state index contributed by atoms with van der Waals surface area (Å²) in [6, 6.07) is 0. The molecule has 0 aromatic carbocycles. The Morgan fingerprint density at radius 1 is 1.64 bits per heavy atom. The van der Waals surface area contributed by atoms with E-state index in [9.17, 15) is 4.79 Å². The zero-order valence-corrected chi connectivity index (χ0v) is 9.18. The zero-order valence-electron chi connectivity index (χ0n) is 9.18. The Labute approximate surface area is 85.9 Å². The van der Waals surface area contributed by atoms with Crippen molar-refractivity contribution in [3.8, 4) is 0 Å². The van der Waals surface area contributed by atoms with E-state index in [2.05, 4.69) is 12.2 Å². The quantitative estimate of drug-likeness (QED) is 0.726. The summed E-state index contributed by atoms with van der Waals surface area (Å²) in [5.74, 6) is 0.0193. The highest BCUT2D eigenvalue weighted by Crippen LogP contribution is 2.41. The molecular weight excluding hydrogens is 178 g/mol. The van der Waals surface area contributed by atoms with E-state index >= 15 is 0 Å². The molecule has 0 heterocycles. The van der Waals surface area contributed by atoms with Gasteiger partial charge < -0.3 is 10.4 Å². The Bertz CT molecular complexity index is 201. The minimum absolute atomic E-state index is 0.0122. The monoisotopic (exact) mass is 199 g/mol. The van der Waals surface area contributed by atoms with Crippen molar-refractivity contribution < 1.29 is 9.90 Å². The van der Waals surface area contributed by atoms with Crippen LogP contribution in [0.5, 0.6) is 0 Å². The third-order valence-corrected chi connectivity index (χ3v) is 3.26. The lowest BCUT2D eigenvalue weighted by Gasteiger charge is -2.39. The third kappa shape index (κ3) is 2.98. The van der Waals surface area contributed by atoms with Crippen LogP contribution in [0.1, 0.15) is 39.0 Å². The third-order valence-electron chi connectivity index (χ3n) is 3.26. The normalized spacial score (nSPS) is 32.9. The smallest absolute Gasteiger partial charge is 0.303 e. The second-order valence-corrected chi connectivity index (χ2v) is 4.80. The molecule has 3 heteroatoms. The summed E-state index contributed by atoms with van der Waals surface area (Å²) in [6.45, 7) is 3.06. The van der Waals surface area contributed by atoms with Crippen LogP contribution in [0.3, 0.4) is 0 Å². The van der Waals surface area contributed by atoms with Crippen LogP contribution in [0.25, 0.3) is 0 Å². The first-order chi connectivity index (χ1) is 6.58. The molecule has 2 atom stereocenters. The molecule has 1 aliphatic carbocycles. The summed E-state index contributed by atoms with van der Waals surface area (Å²) in [5, 5.41) is 12.1. The SMILES string of the molecule is CNC[C@@]1(CC(=O)O)CCC[C@@H](C)C1. The Morgan fingerprint density at radius 2 is 2.36 bits per heavy atom. The van der Waals surface area contributed by atoms with Gasteiger partial charge in [0.2, 0.25) is 0 Å². The number of hydrogen-bond donors (Lipinski definition) is 2. The number of nitrogens with one attached hydrogen (secondary N) is 1. The fourth-order valence-electron chi connectivity index (χ4n) is 2.85. The lowest BCUT2D eigenvalue weighted by molar-refractivity contribution is -0.140.